The van der Waals surface area contributed by atoms with Crippen molar-refractivity contribution in [1.29, 1.82) is 0 Å². The van der Waals surface area contributed by atoms with Crippen LogP contribution >= 0.6 is 22.7 Å². The summed E-state index contributed by atoms with van der Waals surface area (Å²) in [6.45, 7) is 0. The van der Waals surface area contributed by atoms with Crippen LogP contribution in [0.25, 0.3) is 0 Å². The zero-order valence-electron chi connectivity index (χ0n) is 14.1. The largest absolute Gasteiger partial charge is 0.322 e. The van der Waals surface area contributed by atoms with Crippen molar-refractivity contribution in [3.63, 3.8) is 0 Å². The molecule has 132 valence electrons. The van der Waals surface area contributed by atoms with Gasteiger partial charge in [-0.3, -0.25) is 9.59 Å². The van der Waals surface area contributed by atoms with E-state index in [0.717, 1.165) is 36.9 Å². The summed E-state index contributed by atoms with van der Waals surface area (Å²) in [7, 11) is 0. The summed E-state index contributed by atoms with van der Waals surface area (Å²) in [5, 5.41) is 8.46. The molecule has 4 rings (SSSR count). The number of para-hydroxylation sites is 1. The lowest BCUT2D eigenvalue weighted by Gasteiger charge is -2.13. The summed E-state index contributed by atoms with van der Waals surface area (Å²) in [6.07, 6.45) is 4.07. The van der Waals surface area contributed by atoms with E-state index >= 15 is 0 Å². The minimum Gasteiger partial charge on any atom is -0.322 e. The molecule has 0 saturated carbocycles. The van der Waals surface area contributed by atoms with Gasteiger partial charge in [0.1, 0.15) is 5.00 Å². The number of carbonyl (C=O) groups excluding carboxylic acids is 2. The molecule has 4 nitrogen and oxygen atoms in total. The molecule has 2 heterocycles. The summed E-state index contributed by atoms with van der Waals surface area (Å²) in [5.41, 5.74) is 2.47. The first-order chi connectivity index (χ1) is 12.7. The quantitative estimate of drug-likeness (QED) is 0.652. The van der Waals surface area contributed by atoms with Gasteiger partial charge in [0.15, 0.2) is 0 Å². The summed E-state index contributed by atoms with van der Waals surface area (Å²) in [6, 6.07) is 13.0. The van der Waals surface area contributed by atoms with E-state index in [0.29, 0.717) is 15.4 Å². The van der Waals surface area contributed by atoms with Crippen LogP contribution < -0.4 is 10.6 Å². The van der Waals surface area contributed by atoms with Crippen LogP contribution in [0, 0.1) is 0 Å². The highest BCUT2D eigenvalue weighted by molar-refractivity contribution is 7.17. The smallest absolute Gasteiger partial charge is 0.266 e. The number of fused-ring (bicyclic) bond motifs is 1. The minimum absolute atomic E-state index is 0.155. The molecule has 0 unspecified atom stereocenters. The average Bonchev–Trinajstić information content (AvgIpc) is 3.30. The topological polar surface area (TPSA) is 58.2 Å². The Kier molecular flexibility index (Phi) is 4.86. The van der Waals surface area contributed by atoms with Gasteiger partial charge in [0.2, 0.25) is 0 Å². The predicted molar refractivity (Wildman–Crippen MR) is 108 cm³/mol. The van der Waals surface area contributed by atoms with E-state index in [4.69, 9.17) is 0 Å². The van der Waals surface area contributed by atoms with Crippen LogP contribution in [0.2, 0.25) is 0 Å². The molecule has 2 aromatic heterocycles. The van der Waals surface area contributed by atoms with Gasteiger partial charge >= 0.3 is 0 Å². The molecular formula is C20H18N2O2S2. The van der Waals surface area contributed by atoms with Crippen LogP contribution in [-0.2, 0) is 12.8 Å². The SMILES string of the molecule is O=C(Nc1sc2c(c1C(=O)Nc1ccccc1)CCCC2)c1cccs1. The number of hydrogen-bond donors (Lipinski definition) is 2. The molecular weight excluding hydrogens is 364 g/mol. The van der Waals surface area contributed by atoms with Crippen molar-refractivity contribution in [2.75, 3.05) is 10.6 Å². The van der Waals surface area contributed by atoms with Gasteiger partial charge in [-0.1, -0.05) is 24.3 Å². The number of anilines is 2. The monoisotopic (exact) mass is 382 g/mol. The Morgan fingerprint density at radius 2 is 1.69 bits per heavy atom. The van der Waals surface area contributed by atoms with Crippen molar-refractivity contribution in [2.45, 2.75) is 25.7 Å². The van der Waals surface area contributed by atoms with Gasteiger partial charge < -0.3 is 10.6 Å². The highest BCUT2D eigenvalue weighted by atomic mass is 32.1. The maximum absolute atomic E-state index is 13.0. The second-order valence-electron chi connectivity index (χ2n) is 6.17. The first-order valence-electron chi connectivity index (χ1n) is 8.58. The summed E-state index contributed by atoms with van der Waals surface area (Å²) in [4.78, 5) is 27.3. The van der Waals surface area contributed by atoms with E-state index in [-0.39, 0.29) is 11.8 Å². The van der Waals surface area contributed by atoms with Crippen LogP contribution in [0.1, 0.15) is 43.3 Å². The second kappa shape index (κ2) is 7.43. The number of carbonyl (C=O) groups is 2. The fourth-order valence-electron chi connectivity index (χ4n) is 3.18. The number of hydrogen-bond acceptors (Lipinski definition) is 4. The highest BCUT2D eigenvalue weighted by Crippen LogP contribution is 2.38. The van der Waals surface area contributed by atoms with Crippen molar-refractivity contribution in [3.05, 3.63) is 68.7 Å². The lowest BCUT2D eigenvalue weighted by molar-refractivity contribution is 0.102. The predicted octanol–water partition coefficient (Wildman–Crippen LogP) is 5.19. The Hall–Kier alpha value is -2.44. The number of amides is 2. The lowest BCUT2D eigenvalue weighted by Crippen LogP contribution is -2.18. The van der Waals surface area contributed by atoms with E-state index in [1.807, 2.05) is 41.8 Å². The number of benzene rings is 1. The molecule has 0 spiro atoms. The standard InChI is InChI=1S/C20H18N2O2S2/c23-18(16-11-6-12-25-16)22-20-17(14-9-4-5-10-15(14)26-20)19(24)21-13-7-2-1-3-8-13/h1-3,6-8,11-12H,4-5,9-10H2,(H,21,24)(H,22,23). The second-order valence-corrected chi connectivity index (χ2v) is 8.22. The van der Waals surface area contributed by atoms with Gasteiger partial charge in [0, 0.05) is 10.6 Å². The van der Waals surface area contributed by atoms with Crippen molar-refractivity contribution >= 4 is 45.2 Å². The third-order valence-electron chi connectivity index (χ3n) is 4.40. The van der Waals surface area contributed by atoms with Gasteiger partial charge in [-0.2, -0.15) is 0 Å². The Morgan fingerprint density at radius 3 is 2.46 bits per heavy atom. The van der Waals surface area contributed by atoms with Gasteiger partial charge in [0.25, 0.3) is 11.8 Å². The molecule has 2 N–H and O–H groups in total. The molecule has 0 aliphatic heterocycles. The van der Waals surface area contributed by atoms with Crippen LogP contribution in [0.15, 0.2) is 47.8 Å². The molecule has 0 atom stereocenters. The first-order valence-corrected chi connectivity index (χ1v) is 10.3. The van der Waals surface area contributed by atoms with Crippen molar-refractivity contribution in [3.8, 4) is 0 Å². The number of rotatable bonds is 4. The Labute approximate surface area is 159 Å². The van der Waals surface area contributed by atoms with E-state index in [9.17, 15) is 9.59 Å². The molecule has 1 aliphatic carbocycles. The molecule has 0 bridgehead atoms. The Bertz CT molecular complexity index is 930. The number of aryl methyl sites for hydroxylation is 1. The Morgan fingerprint density at radius 1 is 0.885 bits per heavy atom. The molecule has 3 aromatic rings. The molecule has 1 aliphatic rings. The average molecular weight is 383 g/mol. The van der Waals surface area contributed by atoms with Gasteiger partial charge in [-0.25, -0.2) is 0 Å². The van der Waals surface area contributed by atoms with Gasteiger partial charge in [0.05, 0.1) is 10.4 Å². The van der Waals surface area contributed by atoms with E-state index in [1.165, 1.54) is 27.6 Å². The van der Waals surface area contributed by atoms with Crippen LogP contribution in [0.4, 0.5) is 10.7 Å². The number of nitrogens with one attached hydrogen (secondary N) is 2. The normalized spacial score (nSPS) is 13.1. The van der Waals surface area contributed by atoms with Gasteiger partial charge in [-0.15, -0.1) is 22.7 Å². The zero-order chi connectivity index (χ0) is 17.9. The third kappa shape index (κ3) is 3.43. The van der Waals surface area contributed by atoms with Crippen molar-refractivity contribution < 1.29 is 9.59 Å². The van der Waals surface area contributed by atoms with Crippen LogP contribution in [0.3, 0.4) is 0 Å². The first kappa shape index (κ1) is 17.0. The van der Waals surface area contributed by atoms with Crippen LogP contribution in [-0.4, -0.2) is 11.8 Å². The molecule has 2 amide bonds. The zero-order valence-corrected chi connectivity index (χ0v) is 15.7. The molecule has 26 heavy (non-hydrogen) atoms. The molecule has 1 aromatic carbocycles. The Balaban J connectivity index is 1.66. The molecule has 6 heteroatoms. The van der Waals surface area contributed by atoms with Gasteiger partial charge in [-0.05, 0) is 54.8 Å². The van der Waals surface area contributed by atoms with E-state index in [1.54, 1.807) is 6.07 Å². The van der Waals surface area contributed by atoms with Crippen LogP contribution in [0.5, 0.6) is 0 Å². The van der Waals surface area contributed by atoms with E-state index < -0.39 is 0 Å². The molecule has 0 saturated heterocycles. The summed E-state index contributed by atoms with van der Waals surface area (Å²) in [5.74, 6) is -0.315. The molecule has 0 fully saturated rings. The number of thiophene rings is 2. The molecule has 0 radical (unpaired) electrons. The maximum Gasteiger partial charge on any atom is 0.266 e. The maximum atomic E-state index is 13.0. The van der Waals surface area contributed by atoms with Crippen molar-refractivity contribution in [1.82, 2.24) is 0 Å². The van der Waals surface area contributed by atoms with Crippen molar-refractivity contribution in [2.24, 2.45) is 0 Å². The minimum atomic E-state index is -0.160. The summed E-state index contributed by atoms with van der Waals surface area (Å²) < 4.78 is 0. The lowest BCUT2D eigenvalue weighted by atomic mass is 9.95. The van der Waals surface area contributed by atoms with E-state index in [2.05, 4.69) is 10.6 Å². The summed E-state index contributed by atoms with van der Waals surface area (Å²) >= 11 is 2.93. The fraction of sp³-hybridized carbons (Fsp3) is 0.200. The fourth-order valence-corrected chi connectivity index (χ4v) is 5.08. The highest BCUT2D eigenvalue weighted by Gasteiger charge is 2.26. The third-order valence-corrected chi connectivity index (χ3v) is 6.48.